The first-order valence-electron chi connectivity index (χ1n) is 7.50. The maximum absolute atomic E-state index is 12.8. The van der Waals surface area contributed by atoms with Crippen LogP contribution in [-0.4, -0.2) is 21.8 Å². The Kier molecular flexibility index (Phi) is 4.00. The molecule has 3 rings (SSSR count). The van der Waals surface area contributed by atoms with Crippen LogP contribution in [0.4, 0.5) is 0 Å². The predicted molar refractivity (Wildman–Crippen MR) is 82.7 cm³/mol. The van der Waals surface area contributed by atoms with Crippen molar-refractivity contribution < 1.29 is 4.79 Å². The van der Waals surface area contributed by atoms with Gasteiger partial charge in [0.15, 0.2) is 0 Å². The molecule has 1 saturated carbocycles. The highest BCUT2D eigenvalue weighted by Crippen LogP contribution is 2.36. The second-order valence-corrected chi connectivity index (χ2v) is 5.74. The van der Waals surface area contributed by atoms with Crippen molar-refractivity contribution in [1.82, 2.24) is 9.88 Å². The van der Waals surface area contributed by atoms with Gasteiger partial charge in [0.2, 0.25) is 0 Å². The van der Waals surface area contributed by atoms with E-state index in [1.807, 2.05) is 35.2 Å². The lowest BCUT2D eigenvalue weighted by Gasteiger charge is -2.29. The fourth-order valence-electron chi connectivity index (χ4n) is 2.67. The lowest BCUT2D eigenvalue weighted by Crippen LogP contribution is -2.39. The van der Waals surface area contributed by atoms with Gasteiger partial charge in [0.25, 0.3) is 5.91 Å². The van der Waals surface area contributed by atoms with Gasteiger partial charge in [0.05, 0.1) is 5.56 Å². The predicted octanol–water partition coefficient (Wildman–Crippen LogP) is 3.52. The second-order valence-electron chi connectivity index (χ2n) is 5.74. The molecule has 1 aromatic carbocycles. The first-order chi connectivity index (χ1) is 10.3. The molecule has 0 radical (unpaired) electrons. The van der Waals surface area contributed by atoms with Crippen LogP contribution < -0.4 is 0 Å². The third-order valence-electron chi connectivity index (χ3n) is 4.16. The van der Waals surface area contributed by atoms with Crippen molar-refractivity contribution in [2.24, 2.45) is 5.92 Å². The molecule has 1 aromatic heterocycles. The number of carbonyl (C=O) groups is 1. The highest BCUT2D eigenvalue weighted by Gasteiger charge is 2.34. The summed E-state index contributed by atoms with van der Waals surface area (Å²) in [5.41, 5.74) is 1.84. The molecule has 0 aliphatic heterocycles. The topological polar surface area (TPSA) is 33.2 Å². The summed E-state index contributed by atoms with van der Waals surface area (Å²) in [5.74, 6) is 0.723. The summed E-state index contributed by atoms with van der Waals surface area (Å²) < 4.78 is 0. The molecular weight excluding hydrogens is 260 g/mol. The molecule has 21 heavy (non-hydrogen) atoms. The maximum Gasteiger partial charge on any atom is 0.255 e. The molecule has 0 N–H and O–H groups in total. The van der Waals surface area contributed by atoms with Crippen molar-refractivity contribution in [2.45, 2.75) is 32.4 Å². The number of hydrogen-bond donors (Lipinski definition) is 0. The third kappa shape index (κ3) is 3.30. The molecule has 108 valence electrons. The Hall–Kier alpha value is -2.16. The molecule has 0 spiro atoms. The van der Waals surface area contributed by atoms with Crippen molar-refractivity contribution in [1.29, 1.82) is 0 Å². The summed E-state index contributed by atoms with van der Waals surface area (Å²) in [6.07, 6.45) is 5.81. The van der Waals surface area contributed by atoms with Crippen LogP contribution in [0.5, 0.6) is 0 Å². The molecule has 1 atom stereocenters. The SMILES string of the molecule is CC(C1CC1)N(Cc1ccccc1)C(=O)c1cccnc1. The van der Waals surface area contributed by atoms with Gasteiger partial charge in [-0.3, -0.25) is 9.78 Å². The van der Waals surface area contributed by atoms with Crippen molar-refractivity contribution in [3.05, 3.63) is 66.0 Å². The number of benzene rings is 1. The fourth-order valence-corrected chi connectivity index (χ4v) is 2.67. The molecule has 3 nitrogen and oxygen atoms in total. The maximum atomic E-state index is 12.8. The molecule has 1 aliphatic carbocycles. The highest BCUT2D eigenvalue weighted by molar-refractivity contribution is 5.94. The van der Waals surface area contributed by atoms with Gasteiger partial charge in [0, 0.05) is 25.0 Å². The number of nitrogens with zero attached hydrogens (tertiary/aromatic N) is 2. The fraction of sp³-hybridized carbons (Fsp3) is 0.333. The van der Waals surface area contributed by atoms with E-state index in [1.54, 1.807) is 12.4 Å². The number of hydrogen-bond acceptors (Lipinski definition) is 2. The Morgan fingerprint density at radius 1 is 1.24 bits per heavy atom. The van der Waals surface area contributed by atoms with E-state index in [-0.39, 0.29) is 11.9 Å². The molecule has 1 aliphatic rings. The minimum atomic E-state index is 0.0753. The molecule has 0 bridgehead atoms. The van der Waals surface area contributed by atoms with Gasteiger partial charge >= 0.3 is 0 Å². The summed E-state index contributed by atoms with van der Waals surface area (Å²) in [7, 11) is 0. The molecule has 1 amide bonds. The monoisotopic (exact) mass is 280 g/mol. The lowest BCUT2D eigenvalue weighted by atomic mass is 10.1. The first kappa shape index (κ1) is 13.8. The number of amides is 1. The van der Waals surface area contributed by atoms with E-state index in [4.69, 9.17) is 0 Å². The number of aromatic nitrogens is 1. The van der Waals surface area contributed by atoms with Gasteiger partial charge in [-0.1, -0.05) is 30.3 Å². The van der Waals surface area contributed by atoms with E-state index in [0.29, 0.717) is 18.0 Å². The summed E-state index contributed by atoms with van der Waals surface area (Å²) in [4.78, 5) is 18.9. The number of rotatable bonds is 5. The van der Waals surface area contributed by atoms with Crippen molar-refractivity contribution in [3.63, 3.8) is 0 Å². The molecule has 1 unspecified atom stereocenters. The average molecular weight is 280 g/mol. The standard InChI is InChI=1S/C18H20N2O/c1-14(16-9-10-16)20(13-15-6-3-2-4-7-15)18(21)17-8-5-11-19-12-17/h2-8,11-12,14,16H,9-10,13H2,1H3. The van der Waals surface area contributed by atoms with Crippen LogP contribution in [0.1, 0.15) is 35.7 Å². The van der Waals surface area contributed by atoms with Gasteiger partial charge in [-0.2, -0.15) is 0 Å². The lowest BCUT2D eigenvalue weighted by molar-refractivity contribution is 0.0654. The number of carbonyl (C=O) groups excluding carboxylic acids is 1. The van der Waals surface area contributed by atoms with Crippen LogP contribution in [0.25, 0.3) is 0 Å². The smallest absolute Gasteiger partial charge is 0.255 e. The third-order valence-corrected chi connectivity index (χ3v) is 4.16. The van der Waals surface area contributed by atoms with Crippen molar-refractivity contribution in [2.75, 3.05) is 0 Å². The molecule has 2 aromatic rings. The Bertz CT molecular complexity index is 593. The normalized spacial score (nSPS) is 15.5. The summed E-state index contributed by atoms with van der Waals surface area (Å²) in [6.45, 7) is 2.82. The minimum Gasteiger partial charge on any atom is -0.331 e. The zero-order chi connectivity index (χ0) is 14.7. The van der Waals surface area contributed by atoms with Crippen LogP contribution in [0.3, 0.4) is 0 Å². The largest absolute Gasteiger partial charge is 0.331 e. The summed E-state index contributed by atoms with van der Waals surface area (Å²) >= 11 is 0. The van der Waals surface area contributed by atoms with Gasteiger partial charge in [-0.05, 0) is 43.4 Å². The van der Waals surface area contributed by atoms with E-state index in [1.165, 1.54) is 18.4 Å². The first-order valence-corrected chi connectivity index (χ1v) is 7.50. The van der Waals surface area contributed by atoms with Gasteiger partial charge in [-0.15, -0.1) is 0 Å². The van der Waals surface area contributed by atoms with Crippen molar-refractivity contribution in [3.8, 4) is 0 Å². The van der Waals surface area contributed by atoms with E-state index in [9.17, 15) is 4.79 Å². The summed E-state index contributed by atoms with van der Waals surface area (Å²) in [6, 6.07) is 14.1. The molecule has 3 heteroatoms. The number of pyridine rings is 1. The van der Waals surface area contributed by atoms with E-state index >= 15 is 0 Å². The Balaban J connectivity index is 1.83. The Morgan fingerprint density at radius 2 is 2.00 bits per heavy atom. The molecule has 1 heterocycles. The summed E-state index contributed by atoms with van der Waals surface area (Å²) in [5, 5.41) is 0. The van der Waals surface area contributed by atoms with Crippen LogP contribution in [0, 0.1) is 5.92 Å². The van der Waals surface area contributed by atoms with Crippen molar-refractivity contribution >= 4 is 5.91 Å². The second kappa shape index (κ2) is 6.08. The van der Waals surface area contributed by atoms with Gasteiger partial charge in [-0.25, -0.2) is 0 Å². The molecule has 1 fully saturated rings. The minimum absolute atomic E-state index is 0.0753. The Labute approximate surface area is 125 Å². The average Bonchev–Trinajstić information content (AvgIpc) is 3.38. The van der Waals surface area contributed by atoms with E-state index in [2.05, 4.69) is 24.0 Å². The van der Waals surface area contributed by atoms with E-state index in [0.717, 1.165) is 0 Å². The van der Waals surface area contributed by atoms with E-state index < -0.39 is 0 Å². The molecular formula is C18H20N2O. The zero-order valence-electron chi connectivity index (χ0n) is 12.3. The van der Waals surface area contributed by atoms with Gasteiger partial charge in [0.1, 0.15) is 0 Å². The Morgan fingerprint density at radius 3 is 2.62 bits per heavy atom. The van der Waals surface area contributed by atoms with Crippen LogP contribution >= 0.6 is 0 Å². The zero-order valence-corrected chi connectivity index (χ0v) is 12.3. The van der Waals surface area contributed by atoms with Crippen LogP contribution in [0.2, 0.25) is 0 Å². The quantitative estimate of drug-likeness (QED) is 0.839. The molecule has 0 saturated heterocycles. The van der Waals surface area contributed by atoms with Crippen LogP contribution in [0.15, 0.2) is 54.9 Å². The highest BCUT2D eigenvalue weighted by atomic mass is 16.2. The van der Waals surface area contributed by atoms with Crippen LogP contribution in [-0.2, 0) is 6.54 Å². The van der Waals surface area contributed by atoms with Gasteiger partial charge < -0.3 is 4.90 Å².